The molecule has 0 atom stereocenters. The van der Waals surface area contributed by atoms with Gasteiger partial charge in [0.05, 0.1) is 19.9 Å². The number of piperidine rings is 1. The molecule has 4 rings (SSSR count). The van der Waals surface area contributed by atoms with Gasteiger partial charge in [0.25, 0.3) is 5.69 Å². The van der Waals surface area contributed by atoms with Crippen molar-refractivity contribution in [1.29, 1.82) is 0 Å². The Morgan fingerprint density at radius 3 is 2.12 bits per heavy atom. The summed E-state index contributed by atoms with van der Waals surface area (Å²) in [6, 6.07) is 9.47. The van der Waals surface area contributed by atoms with Gasteiger partial charge in [-0.1, -0.05) is 23.2 Å². The van der Waals surface area contributed by atoms with Crippen LogP contribution in [0.2, 0.25) is 10.0 Å². The first-order valence-electron chi connectivity index (χ1n) is 10.5. The number of rotatable bonds is 5. The first-order chi connectivity index (χ1) is 15.3. The molecule has 0 aliphatic carbocycles. The van der Waals surface area contributed by atoms with Gasteiger partial charge < -0.3 is 9.80 Å². The second-order valence-electron chi connectivity index (χ2n) is 7.94. The summed E-state index contributed by atoms with van der Waals surface area (Å²) in [5, 5.41) is 12.1. The SMILES string of the molecule is O=[N+]([O-])c1ccc(N2CCN(S(=O)(=O)c3ccc(Cl)c(Cl)c3)CC2)cc1N1CCCCC1. The molecule has 2 aromatic carbocycles. The molecule has 2 aliphatic rings. The lowest BCUT2D eigenvalue weighted by Gasteiger charge is -2.36. The molecule has 32 heavy (non-hydrogen) atoms. The van der Waals surface area contributed by atoms with Crippen LogP contribution in [-0.4, -0.2) is 56.9 Å². The normalized spacial score (nSPS) is 18.1. The largest absolute Gasteiger partial charge is 0.369 e. The number of halogens is 2. The van der Waals surface area contributed by atoms with Gasteiger partial charge in [-0.15, -0.1) is 0 Å². The quantitative estimate of drug-likeness (QED) is 0.448. The number of benzene rings is 2. The summed E-state index contributed by atoms with van der Waals surface area (Å²) in [4.78, 5) is 15.5. The number of nitro groups is 1. The number of hydrogen-bond donors (Lipinski definition) is 0. The minimum Gasteiger partial charge on any atom is -0.369 e. The molecule has 2 fully saturated rings. The fraction of sp³-hybridized carbons (Fsp3) is 0.429. The lowest BCUT2D eigenvalue weighted by Crippen LogP contribution is -2.48. The molecular formula is C21H24Cl2N4O4S. The molecule has 0 spiro atoms. The van der Waals surface area contributed by atoms with Gasteiger partial charge >= 0.3 is 0 Å². The molecule has 2 heterocycles. The summed E-state index contributed by atoms with van der Waals surface area (Å²) in [5.74, 6) is 0. The Hall–Kier alpha value is -2.07. The molecule has 11 heteroatoms. The number of hydrogen-bond acceptors (Lipinski definition) is 6. The van der Waals surface area contributed by atoms with E-state index in [4.69, 9.17) is 23.2 Å². The maximum Gasteiger partial charge on any atom is 0.292 e. The Labute approximate surface area is 197 Å². The van der Waals surface area contributed by atoms with Crippen LogP contribution in [0.5, 0.6) is 0 Å². The van der Waals surface area contributed by atoms with Crippen LogP contribution in [0.4, 0.5) is 17.1 Å². The highest BCUT2D eigenvalue weighted by Crippen LogP contribution is 2.35. The third kappa shape index (κ3) is 4.66. The Kier molecular flexibility index (Phi) is 6.80. The van der Waals surface area contributed by atoms with Crippen LogP contribution in [0.15, 0.2) is 41.3 Å². The van der Waals surface area contributed by atoms with Crippen molar-refractivity contribution in [3.63, 3.8) is 0 Å². The fourth-order valence-corrected chi connectivity index (χ4v) is 6.04. The van der Waals surface area contributed by atoms with Gasteiger partial charge in [-0.25, -0.2) is 8.42 Å². The molecule has 0 saturated carbocycles. The highest BCUT2D eigenvalue weighted by molar-refractivity contribution is 7.89. The van der Waals surface area contributed by atoms with Crippen molar-refractivity contribution in [1.82, 2.24) is 4.31 Å². The average molecular weight is 499 g/mol. The second kappa shape index (κ2) is 9.43. The van der Waals surface area contributed by atoms with Crippen molar-refractivity contribution >= 4 is 50.3 Å². The van der Waals surface area contributed by atoms with Crippen LogP contribution in [0.1, 0.15) is 19.3 Å². The summed E-state index contributed by atoms with van der Waals surface area (Å²) in [7, 11) is -3.68. The van der Waals surface area contributed by atoms with Crippen LogP contribution in [0.3, 0.4) is 0 Å². The minimum atomic E-state index is -3.68. The molecule has 0 bridgehead atoms. The Morgan fingerprint density at radius 1 is 0.812 bits per heavy atom. The molecule has 2 saturated heterocycles. The summed E-state index contributed by atoms with van der Waals surface area (Å²) in [6.45, 7) is 3.19. The first-order valence-corrected chi connectivity index (χ1v) is 12.7. The van der Waals surface area contributed by atoms with Gasteiger partial charge in [0, 0.05) is 51.0 Å². The van der Waals surface area contributed by atoms with E-state index >= 15 is 0 Å². The van der Waals surface area contributed by atoms with Crippen molar-refractivity contribution in [2.75, 3.05) is 49.1 Å². The molecule has 0 amide bonds. The average Bonchev–Trinajstić information content (AvgIpc) is 2.81. The summed E-state index contributed by atoms with van der Waals surface area (Å²) in [6.07, 6.45) is 3.18. The van der Waals surface area contributed by atoms with Crippen molar-refractivity contribution in [2.24, 2.45) is 0 Å². The first kappa shape index (κ1) is 23.1. The molecule has 0 aromatic heterocycles. The predicted molar refractivity (Wildman–Crippen MR) is 127 cm³/mol. The summed E-state index contributed by atoms with van der Waals surface area (Å²) >= 11 is 11.9. The fourth-order valence-electron chi connectivity index (χ4n) is 4.22. The highest BCUT2D eigenvalue weighted by Gasteiger charge is 2.30. The van der Waals surface area contributed by atoms with Crippen molar-refractivity contribution in [2.45, 2.75) is 24.2 Å². The molecule has 2 aromatic rings. The molecule has 172 valence electrons. The van der Waals surface area contributed by atoms with Crippen LogP contribution in [-0.2, 0) is 10.0 Å². The molecular weight excluding hydrogens is 475 g/mol. The van der Waals surface area contributed by atoms with Crippen LogP contribution < -0.4 is 9.80 Å². The Morgan fingerprint density at radius 2 is 1.50 bits per heavy atom. The standard InChI is InChI=1S/C21H24Cl2N4O4S/c22-18-6-5-17(15-19(18)23)32(30,31)26-12-10-24(11-13-26)16-4-7-20(27(28)29)21(14-16)25-8-2-1-3-9-25/h4-7,14-15H,1-3,8-13H2. The van der Waals surface area contributed by atoms with E-state index in [0.717, 1.165) is 38.0 Å². The van der Waals surface area contributed by atoms with Crippen LogP contribution in [0, 0.1) is 10.1 Å². The Balaban J connectivity index is 1.51. The maximum absolute atomic E-state index is 13.0. The van der Waals surface area contributed by atoms with E-state index in [1.54, 1.807) is 12.1 Å². The highest BCUT2D eigenvalue weighted by atomic mass is 35.5. The van der Waals surface area contributed by atoms with Crippen molar-refractivity contribution < 1.29 is 13.3 Å². The minimum absolute atomic E-state index is 0.108. The van der Waals surface area contributed by atoms with Gasteiger partial charge in [-0.2, -0.15) is 4.31 Å². The lowest BCUT2D eigenvalue weighted by atomic mass is 10.1. The summed E-state index contributed by atoms with van der Waals surface area (Å²) in [5.41, 5.74) is 1.61. The number of anilines is 2. The van der Waals surface area contributed by atoms with Crippen LogP contribution >= 0.6 is 23.2 Å². The molecule has 8 nitrogen and oxygen atoms in total. The zero-order chi connectivity index (χ0) is 22.9. The Bertz CT molecular complexity index is 1110. The lowest BCUT2D eigenvalue weighted by molar-refractivity contribution is -0.384. The van der Waals surface area contributed by atoms with Crippen LogP contribution in [0.25, 0.3) is 0 Å². The monoisotopic (exact) mass is 498 g/mol. The topological polar surface area (TPSA) is 87.0 Å². The van der Waals surface area contributed by atoms with Crippen molar-refractivity contribution in [3.8, 4) is 0 Å². The number of sulfonamides is 1. The number of nitro benzene ring substituents is 1. The van der Waals surface area contributed by atoms with Gasteiger partial charge in [-0.3, -0.25) is 10.1 Å². The van der Waals surface area contributed by atoms with E-state index in [0.29, 0.717) is 36.9 Å². The zero-order valence-corrected chi connectivity index (χ0v) is 19.7. The van der Waals surface area contributed by atoms with Gasteiger partial charge in [0.2, 0.25) is 10.0 Å². The molecule has 2 aliphatic heterocycles. The predicted octanol–water partition coefficient (Wildman–Crippen LogP) is 4.40. The van der Waals surface area contributed by atoms with E-state index in [1.807, 2.05) is 6.07 Å². The van der Waals surface area contributed by atoms with Crippen molar-refractivity contribution in [3.05, 3.63) is 56.6 Å². The van der Waals surface area contributed by atoms with Gasteiger partial charge in [-0.05, 0) is 49.6 Å². The van der Waals surface area contributed by atoms with E-state index in [9.17, 15) is 18.5 Å². The smallest absolute Gasteiger partial charge is 0.292 e. The zero-order valence-electron chi connectivity index (χ0n) is 17.4. The van der Waals surface area contributed by atoms with E-state index in [1.165, 1.54) is 22.5 Å². The molecule has 0 radical (unpaired) electrons. The molecule has 0 unspecified atom stereocenters. The van der Waals surface area contributed by atoms with Gasteiger partial charge in [0.15, 0.2) is 0 Å². The van der Waals surface area contributed by atoms with E-state index in [2.05, 4.69) is 9.80 Å². The van der Waals surface area contributed by atoms with Gasteiger partial charge in [0.1, 0.15) is 5.69 Å². The number of nitrogens with zero attached hydrogens (tertiary/aromatic N) is 4. The molecule has 0 N–H and O–H groups in total. The summed E-state index contributed by atoms with van der Waals surface area (Å²) < 4.78 is 27.4. The van der Waals surface area contributed by atoms with E-state index in [-0.39, 0.29) is 20.5 Å². The maximum atomic E-state index is 13.0. The third-order valence-electron chi connectivity index (χ3n) is 5.99. The van der Waals surface area contributed by atoms with E-state index < -0.39 is 10.0 Å². The number of piperazine rings is 1. The second-order valence-corrected chi connectivity index (χ2v) is 10.7. The third-order valence-corrected chi connectivity index (χ3v) is 8.62.